The number of rotatable bonds is 8. The highest BCUT2D eigenvalue weighted by Crippen LogP contribution is 2.09. The fourth-order valence-electron chi connectivity index (χ4n) is 1.93. The third kappa shape index (κ3) is 9.24. The molecule has 1 amide bonds. The van der Waals surface area contributed by atoms with E-state index in [0.29, 0.717) is 0 Å². The second-order valence-corrected chi connectivity index (χ2v) is 7.04. The molecule has 0 bridgehead atoms. The first kappa shape index (κ1) is 21.2. The highest BCUT2D eigenvalue weighted by atomic mass is 79.9. The van der Waals surface area contributed by atoms with Crippen molar-refractivity contribution in [1.29, 1.82) is 0 Å². The van der Waals surface area contributed by atoms with Crippen LogP contribution in [-0.4, -0.2) is 34.8 Å². The lowest BCUT2D eigenvalue weighted by atomic mass is 10.1. The van der Waals surface area contributed by atoms with Gasteiger partial charge in [-0.3, -0.25) is 9.59 Å². The van der Waals surface area contributed by atoms with Crippen LogP contribution in [0, 0.1) is 0 Å². The van der Waals surface area contributed by atoms with Crippen LogP contribution >= 0.6 is 15.9 Å². The van der Waals surface area contributed by atoms with Crippen LogP contribution in [0.15, 0.2) is 30.3 Å². The van der Waals surface area contributed by atoms with Gasteiger partial charge < -0.3 is 14.8 Å². The number of ketones is 1. The van der Waals surface area contributed by atoms with Gasteiger partial charge in [0.15, 0.2) is 5.78 Å². The summed E-state index contributed by atoms with van der Waals surface area (Å²) in [7, 11) is 0. The van der Waals surface area contributed by atoms with Crippen molar-refractivity contribution >= 4 is 33.8 Å². The smallest absolute Gasteiger partial charge is 0.408 e. The van der Waals surface area contributed by atoms with Gasteiger partial charge in [-0.15, -0.1) is 0 Å². The molecule has 1 aromatic rings. The van der Waals surface area contributed by atoms with E-state index in [1.54, 1.807) is 20.8 Å². The average molecular weight is 414 g/mol. The Bertz CT molecular complexity index is 583. The maximum absolute atomic E-state index is 11.9. The zero-order valence-electron chi connectivity index (χ0n) is 14.7. The Balaban J connectivity index is 2.48. The second-order valence-electron chi connectivity index (χ2n) is 6.48. The lowest BCUT2D eigenvalue weighted by molar-refractivity contribution is -0.145. The van der Waals surface area contributed by atoms with Crippen molar-refractivity contribution < 1.29 is 23.9 Å². The van der Waals surface area contributed by atoms with Crippen LogP contribution in [-0.2, 0) is 25.7 Å². The van der Waals surface area contributed by atoms with Crippen molar-refractivity contribution in [3.8, 4) is 0 Å². The Morgan fingerprint density at radius 1 is 1.16 bits per heavy atom. The molecule has 7 heteroatoms. The largest absolute Gasteiger partial charge is 0.461 e. The molecule has 0 aromatic heterocycles. The first-order chi connectivity index (χ1) is 11.7. The molecule has 0 fully saturated rings. The minimum absolute atomic E-state index is 0.0199. The summed E-state index contributed by atoms with van der Waals surface area (Å²) in [5, 5.41) is 2.58. The number of hydrogen-bond acceptors (Lipinski definition) is 5. The predicted octanol–water partition coefficient (Wildman–Crippen LogP) is 3.37. The normalized spacial score (nSPS) is 12.2. The van der Waals surface area contributed by atoms with Crippen LogP contribution < -0.4 is 5.32 Å². The van der Waals surface area contributed by atoms with Gasteiger partial charge in [0.05, 0.1) is 11.4 Å². The molecular formula is C18H24BrNO5. The predicted molar refractivity (Wildman–Crippen MR) is 97.4 cm³/mol. The fourth-order valence-corrected chi connectivity index (χ4v) is 2.32. The third-order valence-corrected chi connectivity index (χ3v) is 3.64. The quantitative estimate of drug-likeness (QED) is 0.521. The van der Waals surface area contributed by atoms with Crippen LogP contribution in [0.4, 0.5) is 4.79 Å². The third-order valence-electron chi connectivity index (χ3n) is 3.09. The van der Waals surface area contributed by atoms with Crippen molar-refractivity contribution in [2.75, 3.05) is 5.33 Å². The van der Waals surface area contributed by atoms with Crippen molar-refractivity contribution in [3.05, 3.63) is 35.9 Å². The highest BCUT2D eigenvalue weighted by Gasteiger charge is 2.24. The summed E-state index contributed by atoms with van der Waals surface area (Å²) >= 11 is 3.08. The van der Waals surface area contributed by atoms with Crippen molar-refractivity contribution in [2.45, 2.75) is 51.9 Å². The van der Waals surface area contributed by atoms with E-state index in [9.17, 15) is 14.4 Å². The SMILES string of the molecule is CC(C)(C)OC(=O)N[C@@H](CCC(=O)OCc1ccccc1)C(=O)CBr. The molecule has 0 aliphatic heterocycles. The molecule has 0 spiro atoms. The van der Waals surface area contributed by atoms with E-state index in [4.69, 9.17) is 9.47 Å². The number of alkyl carbamates (subject to hydrolysis) is 1. The first-order valence-corrected chi connectivity index (χ1v) is 9.11. The van der Waals surface area contributed by atoms with Crippen molar-refractivity contribution in [2.24, 2.45) is 0 Å². The van der Waals surface area contributed by atoms with Gasteiger partial charge in [0.2, 0.25) is 0 Å². The first-order valence-electron chi connectivity index (χ1n) is 7.99. The number of ether oxygens (including phenoxy) is 2. The number of amides is 1. The molecule has 1 atom stereocenters. The Morgan fingerprint density at radius 3 is 2.36 bits per heavy atom. The minimum Gasteiger partial charge on any atom is -0.461 e. The van der Waals surface area contributed by atoms with E-state index in [-0.39, 0.29) is 30.6 Å². The number of nitrogens with one attached hydrogen (secondary N) is 1. The molecule has 6 nitrogen and oxygen atoms in total. The molecule has 1 N–H and O–H groups in total. The van der Waals surface area contributed by atoms with E-state index in [2.05, 4.69) is 21.2 Å². The van der Waals surface area contributed by atoms with E-state index in [1.807, 2.05) is 30.3 Å². The summed E-state index contributed by atoms with van der Waals surface area (Å²) in [5.41, 5.74) is 0.219. The monoisotopic (exact) mass is 413 g/mol. The number of carbonyl (C=O) groups is 3. The molecular weight excluding hydrogens is 390 g/mol. The summed E-state index contributed by atoms with van der Waals surface area (Å²) in [4.78, 5) is 35.6. The molecule has 0 radical (unpaired) electrons. The maximum Gasteiger partial charge on any atom is 0.408 e. The molecule has 0 aliphatic rings. The van der Waals surface area contributed by atoms with Crippen LogP contribution in [0.3, 0.4) is 0 Å². The standard InChI is InChI=1S/C18H24BrNO5/c1-18(2,3)25-17(23)20-14(15(21)11-19)9-10-16(22)24-12-13-7-5-4-6-8-13/h4-8,14H,9-12H2,1-3H3,(H,20,23)/t14-/m0/s1. The fraction of sp³-hybridized carbons (Fsp3) is 0.500. The number of Topliss-reactive ketones (excluding diaryl/α,β-unsaturated/α-hetero) is 1. The summed E-state index contributed by atoms with van der Waals surface area (Å²) in [6, 6.07) is 8.50. The van der Waals surface area contributed by atoms with Gasteiger partial charge >= 0.3 is 12.1 Å². The number of carbonyl (C=O) groups excluding carboxylic acids is 3. The molecule has 0 saturated heterocycles. The molecule has 1 rings (SSSR count). The maximum atomic E-state index is 11.9. The van der Waals surface area contributed by atoms with Gasteiger partial charge in [0.1, 0.15) is 12.2 Å². The molecule has 0 aliphatic carbocycles. The Kier molecular flexibility index (Phi) is 8.61. The van der Waals surface area contributed by atoms with Crippen LogP contribution in [0.2, 0.25) is 0 Å². The number of halogens is 1. The van der Waals surface area contributed by atoms with Crippen molar-refractivity contribution in [3.63, 3.8) is 0 Å². The summed E-state index contributed by atoms with van der Waals surface area (Å²) < 4.78 is 10.3. The number of alkyl halides is 1. The summed E-state index contributed by atoms with van der Waals surface area (Å²) in [5.74, 6) is -0.663. The van der Waals surface area contributed by atoms with E-state index < -0.39 is 23.7 Å². The summed E-state index contributed by atoms with van der Waals surface area (Å²) in [6.07, 6.45) is -0.520. The molecule has 0 saturated carbocycles. The zero-order chi connectivity index (χ0) is 18.9. The number of hydrogen-bond donors (Lipinski definition) is 1. The van der Waals surface area contributed by atoms with Gasteiger partial charge in [-0.1, -0.05) is 46.3 Å². The molecule has 25 heavy (non-hydrogen) atoms. The van der Waals surface area contributed by atoms with Gasteiger partial charge in [-0.2, -0.15) is 0 Å². The molecule has 0 heterocycles. The highest BCUT2D eigenvalue weighted by molar-refractivity contribution is 9.09. The zero-order valence-corrected chi connectivity index (χ0v) is 16.3. The van der Waals surface area contributed by atoms with Gasteiger partial charge in [0.25, 0.3) is 0 Å². The van der Waals surface area contributed by atoms with Crippen LogP contribution in [0.1, 0.15) is 39.2 Å². The Hall–Kier alpha value is -1.89. The van der Waals surface area contributed by atoms with Gasteiger partial charge in [-0.05, 0) is 32.8 Å². The average Bonchev–Trinajstić information content (AvgIpc) is 2.55. The topological polar surface area (TPSA) is 81.7 Å². The van der Waals surface area contributed by atoms with Gasteiger partial charge in [-0.25, -0.2) is 4.79 Å². The minimum atomic E-state index is -0.807. The second kappa shape index (κ2) is 10.2. The number of benzene rings is 1. The van der Waals surface area contributed by atoms with Crippen molar-refractivity contribution in [1.82, 2.24) is 5.32 Å². The van der Waals surface area contributed by atoms with E-state index in [0.717, 1.165) is 5.56 Å². The lowest BCUT2D eigenvalue weighted by Gasteiger charge is -2.22. The van der Waals surface area contributed by atoms with E-state index in [1.165, 1.54) is 0 Å². The number of esters is 1. The van der Waals surface area contributed by atoms with Crippen LogP contribution in [0.25, 0.3) is 0 Å². The molecule has 138 valence electrons. The Labute approximate surface area is 156 Å². The molecule has 1 aromatic carbocycles. The molecule has 0 unspecified atom stereocenters. The Morgan fingerprint density at radius 2 is 1.80 bits per heavy atom. The van der Waals surface area contributed by atoms with Crippen LogP contribution in [0.5, 0.6) is 0 Å². The lowest BCUT2D eigenvalue weighted by Crippen LogP contribution is -2.44. The van der Waals surface area contributed by atoms with Gasteiger partial charge in [0, 0.05) is 6.42 Å². The summed E-state index contributed by atoms with van der Waals surface area (Å²) in [6.45, 7) is 5.37. The van der Waals surface area contributed by atoms with E-state index >= 15 is 0 Å².